The van der Waals surface area contributed by atoms with Crippen LogP contribution in [0.2, 0.25) is 0 Å². The standard InChI is InChI=1S/C8H11.C6H8N2O3.2C2H6.W/c1-7-4-3-5-8(2)6-7;9-3-7-4-1-2-5(10)8-6(4)11;2*1-2;/h4H,3,5H2,1-2H3;3-4H,1-2H2,(H,7,9)(H,8,10,11);2*1-2H3;/q-1;;;;. The molecule has 0 spiro atoms. The van der Waals surface area contributed by atoms with Crippen molar-refractivity contribution in [3.05, 3.63) is 23.3 Å². The van der Waals surface area contributed by atoms with Gasteiger partial charge in [-0.2, -0.15) is 5.57 Å². The Morgan fingerprint density at radius 1 is 1.17 bits per heavy atom. The molecule has 0 saturated carbocycles. The Balaban J connectivity index is -0.000000302. The average Bonchev–Trinajstić information content (AvgIpc) is 2.54. The summed E-state index contributed by atoms with van der Waals surface area (Å²) in [6.45, 7) is 12.2. The fourth-order valence-electron chi connectivity index (χ4n) is 1.89. The minimum absolute atomic E-state index is 0. The van der Waals surface area contributed by atoms with Gasteiger partial charge in [-0.1, -0.05) is 54.4 Å². The second-order valence-corrected chi connectivity index (χ2v) is 4.62. The molecule has 1 saturated heterocycles. The number of imide groups is 1. The van der Waals surface area contributed by atoms with Crippen LogP contribution in [0, 0.1) is 6.08 Å². The van der Waals surface area contributed by atoms with E-state index < -0.39 is 11.9 Å². The van der Waals surface area contributed by atoms with E-state index in [1.54, 1.807) is 0 Å². The van der Waals surface area contributed by atoms with Crippen LogP contribution in [0.1, 0.15) is 67.2 Å². The molecule has 3 amide bonds. The molecule has 1 unspecified atom stereocenters. The first-order valence-electron chi connectivity index (χ1n) is 8.32. The van der Waals surface area contributed by atoms with Gasteiger partial charge in [-0.25, -0.2) is 17.7 Å². The van der Waals surface area contributed by atoms with Crippen LogP contribution in [-0.4, -0.2) is 24.3 Å². The maximum atomic E-state index is 10.8. The van der Waals surface area contributed by atoms with Crippen molar-refractivity contribution in [2.24, 2.45) is 0 Å². The third-order valence-electron chi connectivity index (χ3n) is 2.89. The van der Waals surface area contributed by atoms with E-state index in [1.807, 2.05) is 27.7 Å². The second kappa shape index (κ2) is 18.1. The molecule has 0 aromatic heterocycles. The van der Waals surface area contributed by atoms with Crippen molar-refractivity contribution in [1.29, 1.82) is 0 Å². The zero-order valence-electron chi connectivity index (χ0n) is 15.7. The average molecular weight is 507 g/mol. The van der Waals surface area contributed by atoms with Gasteiger partial charge in [0.15, 0.2) is 0 Å². The topological polar surface area (TPSA) is 75.3 Å². The number of hydrogen-bond donors (Lipinski definition) is 2. The van der Waals surface area contributed by atoms with Crippen LogP contribution < -0.4 is 10.6 Å². The molecular formula is C18H31N2O3W-. The van der Waals surface area contributed by atoms with Crippen LogP contribution in [0.3, 0.4) is 0 Å². The van der Waals surface area contributed by atoms with Crippen molar-refractivity contribution in [3.63, 3.8) is 0 Å². The third-order valence-corrected chi connectivity index (χ3v) is 2.89. The van der Waals surface area contributed by atoms with Crippen LogP contribution in [0.15, 0.2) is 17.2 Å². The van der Waals surface area contributed by atoms with Crippen LogP contribution >= 0.6 is 0 Å². The zero-order chi connectivity index (χ0) is 18.3. The van der Waals surface area contributed by atoms with Crippen LogP contribution in [0.4, 0.5) is 0 Å². The first kappa shape index (κ1) is 27.6. The van der Waals surface area contributed by atoms with Gasteiger partial charge in [0.2, 0.25) is 18.2 Å². The quantitative estimate of drug-likeness (QED) is 0.343. The van der Waals surface area contributed by atoms with E-state index in [0.717, 1.165) is 0 Å². The summed E-state index contributed by atoms with van der Waals surface area (Å²) >= 11 is 0. The summed E-state index contributed by atoms with van der Waals surface area (Å²) in [5.74, 6) is -0.702. The molecule has 2 aliphatic rings. The van der Waals surface area contributed by atoms with E-state index >= 15 is 0 Å². The van der Waals surface area contributed by atoms with Crippen molar-refractivity contribution < 1.29 is 35.4 Å². The van der Waals surface area contributed by atoms with E-state index in [9.17, 15) is 14.4 Å². The molecule has 138 valence electrons. The molecule has 0 radical (unpaired) electrons. The Hall–Kier alpha value is -1.22. The predicted octanol–water partition coefficient (Wildman–Crippen LogP) is 3.06. The Morgan fingerprint density at radius 2 is 1.75 bits per heavy atom. The molecule has 1 aliphatic heterocycles. The normalized spacial score (nSPS) is 18.2. The summed E-state index contributed by atoms with van der Waals surface area (Å²) in [6, 6.07) is -0.537. The molecular weight excluding hydrogens is 476 g/mol. The summed E-state index contributed by atoms with van der Waals surface area (Å²) in [5.41, 5.74) is 2.69. The van der Waals surface area contributed by atoms with E-state index in [-0.39, 0.29) is 33.4 Å². The number of carbonyl (C=O) groups excluding carboxylic acids is 3. The largest absolute Gasteiger partial charge is 0.347 e. The van der Waals surface area contributed by atoms with E-state index in [2.05, 4.69) is 36.6 Å². The monoisotopic (exact) mass is 507 g/mol. The van der Waals surface area contributed by atoms with Gasteiger partial charge in [-0.3, -0.25) is 19.7 Å². The molecule has 24 heavy (non-hydrogen) atoms. The van der Waals surface area contributed by atoms with Gasteiger partial charge in [-0.05, 0) is 6.42 Å². The first-order valence-corrected chi connectivity index (χ1v) is 8.32. The number of rotatable bonds is 2. The van der Waals surface area contributed by atoms with Gasteiger partial charge in [0.1, 0.15) is 6.04 Å². The van der Waals surface area contributed by atoms with Gasteiger partial charge < -0.3 is 5.32 Å². The van der Waals surface area contributed by atoms with Gasteiger partial charge in [0, 0.05) is 27.5 Å². The van der Waals surface area contributed by atoms with Crippen LogP contribution in [0.5, 0.6) is 0 Å². The fraction of sp³-hybridized carbons (Fsp3) is 0.611. The van der Waals surface area contributed by atoms with Gasteiger partial charge in [0.25, 0.3) is 0 Å². The third kappa shape index (κ3) is 13.2. The van der Waals surface area contributed by atoms with Crippen molar-refractivity contribution in [3.8, 4) is 0 Å². The summed E-state index contributed by atoms with van der Waals surface area (Å²) in [6.07, 6.45) is 9.04. The molecule has 0 aromatic rings. The summed E-state index contributed by atoms with van der Waals surface area (Å²) in [5, 5.41) is 4.42. The summed E-state index contributed by atoms with van der Waals surface area (Å²) in [4.78, 5) is 31.3. The van der Waals surface area contributed by atoms with E-state index in [1.165, 1.54) is 24.0 Å². The number of amides is 3. The molecule has 1 heterocycles. The Morgan fingerprint density at radius 3 is 2.12 bits per heavy atom. The Labute approximate surface area is 161 Å². The van der Waals surface area contributed by atoms with Crippen LogP contribution in [-0.2, 0) is 35.4 Å². The number of allylic oxidation sites excluding steroid dienone is 4. The van der Waals surface area contributed by atoms with Crippen molar-refractivity contribution >= 4 is 18.2 Å². The molecule has 2 N–H and O–H groups in total. The Kier molecular flexibility index (Phi) is 20.9. The van der Waals surface area contributed by atoms with Gasteiger partial charge in [-0.15, -0.1) is 0 Å². The fourth-order valence-corrected chi connectivity index (χ4v) is 1.89. The van der Waals surface area contributed by atoms with Crippen molar-refractivity contribution in [2.75, 3.05) is 0 Å². The number of hydrogen-bond acceptors (Lipinski definition) is 3. The number of piperidine rings is 1. The summed E-state index contributed by atoms with van der Waals surface area (Å²) < 4.78 is 0. The van der Waals surface area contributed by atoms with E-state index in [0.29, 0.717) is 12.8 Å². The molecule has 1 aliphatic carbocycles. The molecule has 0 aromatic carbocycles. The molecule has 5 nitrogen and oxygen atoms in total. The molecule has 1 fully saturated rings. The van der Waals surface area contributed by atoms with Gasteiger partial charge in [0.05, 0.1) is 0 Å². The second-order valence-electron chi connectivity index (χ2n) is 4.62. The van der Waals surface area contributed by atoms with Gasteiger partial charge >= 0.3 is 0 Å². The van der Waals surface area contributed by atoms with Crippen molar-refractivity contribution in [1.82, 2.24) is 10.6 Å². The predicted molar refractivity (Wildman–Crippen MR) is 93.5 cm³/mol. The smallest absolute Gasteiger partial charge is 0.249 e. The Bertz CT molecular complexity index is 432. The first-order chi connectivity index (χ1) is 11.0. The number of carbonyl (C=O) groups is 3. The zero-order valence-corrected chi connectivity index (χ0v) is 18.6. The maximum Gasteiger partial charge on any atom is 0.249 e. The molecule has 1 atom stereocenters. The number of nitrogens with one attached hydrogen (secondary N) is 2. The SMILES string of the molecule is CC.CC.CC1=[C-]C(C)=CCC1.O=CNC1CCC(=O)NC1=O.[W]. The summed E-state index contributed by atoms with van der Waals surface area (Å²) in [7, 11) is 0. The minimum atomic E-state index is -0.537. The minimum Gasteiger partial charge on any atom is -0.347 e. The molecule has 6 heteroatoms. The maximum absolute atomic E-state index is 10.8. The molecule has 0 bridgehead atoms. The van der Waals surface area contributed by atoms with Crippen molar-refractivity contribution in [2.45, 2.75) is 73.3 Å². The van der Waals surface area contributed by atoms with E-state index in [4.69, 9.17) is 0 Å². The molecule has 2 rings (SSSR count). The van der Waals surface area contributed by atoms with Crippen LogP contribution in [0.25, 0.3) is 0 Å².